The molecule has 0 aromatic heterocycles. The Kier molecular flexibility index (Phi) is 3.23. The van der Waals surface area contributed by atoms with Crippen LogP contribution in [0.15, 0.2) is 23.3 Å². The lowest BCUT2D eigenvalue weighted by atomic mass is 9.94. The van der Waals surface area contributed by atoms with Crippen LogP contribution in [0.25, 0.3) is 0 Å². The van der Waals surface area contributed by atoms with Gasteiger partial charge in [-0.3, -0.25) is 4.79 Å². The summed E-state index contributed by atoms with van der Waals surface area (Å²) < 4.78 is 10.4. The molecule has 0 spiro atoms. The zero-order valence-electron chi connectivity index (χ0n) is 10.9. The summed E-state index contributed by atoms with van der Waals surface area (Å²) in [4.78, 5) is 12.0. The molecule has 0 radical (unpaired) electrons. The summed E-state index contributed by atoms with van der Waals surface area (Å²) in [5.41, 5.74) is 1.65. The van der Waals surface area contributed by atoms with Crippen molar-refractivity contribution >= 4 is 11.6 Å². The lowest BCUT2D eigenvalue weighted by Crippen LogP contribution is -2.22. The fraction of sp³-hybridized carbons (Fsp3) is 0.385. The highest BCUT2D eigenvalue weighted by atomic mass is 16.5. The Morgan fingerprint density at radius 1 is 1.22 bits per heavy atom. The number of ether oxygens (including phenoxy) is 2. The molecule has 18 heavy (non-hydrogen) atoms. The molecule has 0 saturated heterocycles. The van der Waals surface area contributed by atoms with Gasteiger partial charge in [0.15, 0.2) is 11.5 Å². The van der Waals surface area contributed by atoms with Gasteiger partial charge in [0, 0.05) is 7.05 Å². The van der Waals surface area contributed by atoms with Gasteiger partial charge in [-0.15, -0.1) is 0 Å². The van der Waals surface area contributed by atoms with Gasteiger partial charge in [0.2, 0.25) is 0 Å². The first kappa shape index (κ1) is 12.4. The van der Waals surface area contributed by atoms with Crippen molar-refractivity contribution < 1.29 is 14.3 Å². The Hall–Kier alpha value is -2.04. The maximum Gasteiger partial charge on any atom is 0.255 e. The van der Waals surface area contributed by atoms with Crippen LogP contribution in [0.2, 0.25) is 0 Å². The maximum atomic E-state index is 12.0. The van der Waals surface area contributed by atoms with Crippen molar-refractivity contribution in [2.75, 3.05) is 21.3 Å². The second kappa shape index (κ2) is 4.68. The molecule has 0 aliphatic carbocycles. The predicted octanol–water partition coefficient (Wildman–Crippen LogP) is 1.64. The van der Waals surface area contributed by atoms with Gasteiger partial charge in [0.1, 0.15) is 5.92 Å². The number of hydrogen-bond acceptors (Lipinski definition) is 4. The van der Waals surface area contributed by atoms with Crippen LogP contribution in [-0.2, 0) is 4.79 Å². The molecule has 1 heterocycles. The highest BCUT2D eigenvalue weighted by Gasteiger charge is 2.33. The second-order valence-corrected chi connectivity index (χ2v) is 4.15. The molecule has 0 N–H and O–H groups in total. The number of hydrazone groups is 1. The van der Waals surface area contributed by atoms with Crippen molar-refractivity contribution in [2.45, 2.75) is 12.8 Å². The van der Waals surface area contributed by atoms with Gasteiger partial charge in [0.25, 0.3) is 5.91 Å². The van der Waals surface area contributed by atoms with Crippen LogP contribution in [0.4, 0.5) is 0 Å². The van der Waals surface area contributed by atoms with Gasteiger partial charge in [0.05, 0.1) is 19.9 Å². The van der Waals surface area contributed by atoms with E-state index in [0.717, 1.165) is 11.3 Å². The first-order valence-corrected chi connectivity index (χ1v) is 5.63. The van der Waals surface area contributed by atoms with Crippen LogP contribution < -0.4 is 9.47 Å². The first-order chi connectivity index (χ1) is 8.58. The topological polar surface area (TPSA) is 51.1 Å². The van der Waals surface area contributed by atoms with Crippen molar-refractivity contribution in [1.29, 1.82) is 0 Å². The van der Waals surface area contributed by atoms with Crippen LogP contribution in [0.5, 0.6) is 11.5 Å². The minimum atomic E-state index is -0.324. The molecular weight excluding hydrogens is 232 g/mol. The Balaban J connectivity index is 2.41. The molecule has 2 rings (SSSR count). The van der Waals surface area contributed by atoms with Gasteiger partial charge in [-0.1, -0.05) is 6.07 Å². The van der Waals surface area contributed by atoms with E-state index < -0.39 is 0 Å². The monoisotopic (exact) mass is 248 g/mol. The number of hydrogen-bond donors (Lipinski definition) is 0. The van der Waals surface area contributed by atoms with Gasteiger partial charge >= 0.3 is 0 Å². The van der Waals surface area contributed by atoms with Crippen LogP contribution >= 0.6 is 0 Å². The quantitative estimate of drug-likeness (QED) is 0.817. The average Bonchev–Trinajstić information content (AvgIpc) is 2.62. The van der Waals surface area contributed by atoms with E-state index in [1.165, 1.54) is 5.01 Å². The normalized spacial score (nSPS) is 18.9. The first-order valence-electron chi connectivity index (χ1n) is 5.63. The third-order valence-electron chi connectivity index (χ3n) is 3.03. The molecule has 1 atom stereocenters. The highest BCUT2D eigenvalue weighted by Crippen LogP contribution is 2.33. The van der Waals surface area contributed by atoms with Gasteiger partial charge in [-0.05, 0) is 24.6 Å². The molecule has 0 fully saturated rings. The molecule has 5 heteroatoms. The Bertz CT molecular complexity index is 511. The van der Waals surface area contributed by atoms with Crippen molar-refractivity contribution in [2.24, 2.45) is 5.10 Å². The van der Waals surface area contributed by atoms with E-state index in [9.17, 15) is 4.79 Å². The number of carbonyl (C=O) groups excluding carboxylic acids is 1. The van der Waals surface area contributed by atoms with E-state index in [1.807, 2.05) is 19.1 Å². The molecule has 1 aliphatic rings. The second-order valence-electron chi connectivity index (χ2n) is 4.15. The van der Waals surface area contributed by atoms with Gasteiger partial charge in [-0.25, -0.2) is 5.01 Å². The number of rotatable bonds is 3. The van der Waals surface area contributed by atoms with Crippen molar-refractivity contribution in [3.63, 3.8) is 0 Å². The molecule has 1 aromatic carbocycles. The summed E-state index contributed by atoms with van der Waals surface area (Å²) in [6, 6.07) is 5.48. The summed E-state index contributed by atoms with van der Waals surface area (Å²) in [6.07, 6.45) is 0. The zero-order chi connectivity index (χ0) is 13.3. The molecule has 1 unspecified atom stereocenters. The number of benzene rings is 1. The SMILES string of the molecule is COc1ccc(C2C(=O)N(C)N=C2C)cc1OC. The van der Waals surface area contributed by atoms with E-state index in [0.29, 0.717) is 11.5 Å². The van der Waals surface area contributed by atoms with Gasteiger partial charge < -0.3 is 9.47 Å². The molecule has 1 aromatic rings. The zero-order valence-corrected chi connectivity index (χ0v) is 10.9. The standard InChI is InChI=1S/C13H16N2O3/c1-8-12(13(16)15(2)14-8)9-5-6-10(17-3)11(7-9)18-4/h5-7,12H,1-4H3. The van der Waals surface area contributed by atoms with Crippen molar-refractivity contribution in [3.8, 4) is 11.5 Å². The van der Waals surface area contributed by atoms with E-state index in [4.69, 9.17) is 9.47 Å². The average molecular weight is 248 g/mol. The van der Waals surface area contributed by atoms with Crippen molar-refractivity contribution in [3.05, 3.63) is 23.8 Å². The largest absolute Gasteiger partial charge is 0.493 e. The summed E-state index contributed by atoms with van der Waals surface area (Å²) in [6.45, 7) is 1.85. The lowest BCUT2D eigenvalue weighted by molar-refractivity contribution is -0.128. The van der Waals surface area contributed by atoms with Gasteiger partial charge in [-0.2, -0.15) is 5.10 Å². The number of amides is 1. The minimum absolute atomic E-state index is 0.0280. The summed E-state index contributed by atoms with van der Waals surface area (Å²) in [5, 5.41) is 5.53. The van der Waals surface area contributed by atoms with E-state index in [-0.39, 0.29) is 11.8 Å². The Morgan fingerprint density at radius 2 is 1.89 bits per heavy atom. The number of carbonyl (C=O) groups is 1. The molecule has 0 saturated carbocycles. The lowest BCUT2D eigenvalue weighted by Gasteiger charge is -2.13. The Morgan fingerprint density at radius 3 is 2.39 bits per heavy atom. The molecular formula is C13H16N2O3. The third-order valence-corrected chi connectivity index (χ3v) is 3.03. The van der Waals surface area contributed by atoms with Crippen LogP contribution in [0.1, 0.15) is 18.4 Å². The third kappa shape index (κ3) is 1.92. The molecule has 5 nitrogen and oxygen atoms in total. The van der Waals surface area contributed by atoms with Crippen LogP contribution in [0, 0.1) is 0 Å². The van der Waals surface area contributed by atoms with E-state index in [1.54, 1.807) is 27.3 Å². The summed E-state index contributed by atoms with van der Waals surface area (Å²) in [5.74, 6) is 0.911. The van der Waals surface area contributed by atoms with E-state index >= 15 is 0 Å². The fourth-order valence-electron chi connectivity index (χ4n) is 2.13. The molecule has 1 aliphatic heterocycles. The van der Waals surface area contributed by atoms with E-state index in [2.05, 4.69) is 5.10 Å². The highest BCUT2D eigenvalue weighted by molar-refractivity contribution is 6.11. The van der Waals surface area contributed by atoms with Crippen LogP contribution in [-0.4, -0.2) is 37.9 Å². The number of nitrogens with zero attached hydrogens (tertiary/aromatic N) is 2. The predicted molar refractivity (Wildman–Crippen MR) is 68.2 cm³/mol. The Labute approximate surface area is 106 Å². The van der Waals surface area contributed by atoms with Crippen molar-refractivity contribution in [1.82, 2.24) is 5.01 Å². The maximum absolute atomic E-state index is 12.0. The number of likely N-dealkylation sites (N-methyl/N-ethyl adjacent to an activating group) is 1. The molecule has 1 amide bonds. The summed E-state index contributed by atoms with van der Waals surface area (Å²) >= 11 is 0. The number of methoxy groups -OCH3 is 2. The summed E-state index contributed by atoms with van der Waals surface area (Å²) in [7, 11) is 4.82. The fourth-order valence-corrected chi connectivity index (χ4v) is 2.13. The smallest absolute Gasteiger partial charge is 0.255 e. The minimum Gasteiger partial charge on any atom is -0.493 e. The van der Waals surface area contributed by atoms with Crippen LogP contribution in [0.3, 0.4) is 0 Å². The molecule has 96 valence electrons. The molecule has 0 bridgehead atoms.